The molecule has 0 saturated carbocycles. The topological polar surface area (TPSA) is 30.2 Å². The lowest BCUT2D eigenvalue weighted by Crippen LogP contribution is -1.97. The third-order valence-corrected chi connectivity index (χ3v) is 2.14. The Morgan fingerprint density at radius 3 is 2.75 bits per heavy atom. The number of hydrogen-bond donors (Lipinski definition) is 0. The summed E-state index contributed by atoms with van der Waals surface area (Å²) in [6, 6.07) is 1.89. The fourth-order valence-electron chi connectivity index (χ4n) is 1.34. The van der Waals surface area contributed by atoms with Crippen LogP contribution in [0.2, 0.25) is 5.02 Å². The molecule has 2 aromatic heterocycles. The molecule has 0 N–H and O–H groups in total. The van der Waals surface area contributed by atoms with Crippen LogP contribution in [0.5, 0.6) is 0 Å². The first-order valence-electron chi connectivity index (χ1n) is 3.65. The van der Waals surface area contributed by atoms with E-state index in [1.807, 2.05) is 24.3 Å². The molecule has 0 spiro atoms. The van der Waals surface area contributed by atoms with E-state index in [-0.39, 0.29) is 0 Å². The lowest BCUT2D eigenvalue weighted by atomic mass is 10.5. The molecule has 2 rings (SSSR count). The van der Waals surface area contributed by atoms with Crippen molar-refractivity contribution in [2.75, 3.05) is 0 Å². The summed E-state index contributed by atoms with van der Waals surface area (Å²) in [7, 11) is 0. The third-order valence-electron chi connectivity index (χ3n) is 1.86. The lowest BCUT2D eigenvalue weighted by Gasteiger charge is -1.99. The number of fused-ring (bicyclic) bond motifs is 1. The normalized spacial score (nSPS) is 10.9. The quantitative estimate of drug-likeness (QED) is 0.622. The van der Waals surface area contributed by atoms with E-state index < -0.39 is 0 Å². The molecule has 2 heterocycles. The minimum absolute atomic E-state index is 0.679. The Labute approximate surface area is 75.0 Å². The van der Waals surface area contributed by atoms with Crippen molar-refractivity contribution in [2.45, 2.75) is 13.8 Å². The number of rotatable bonds is 0. The van der Waals surface area contributed by atoms with Gasteiger partial charge in [-0.25, -0.2) is 9.97 Å². The summed E-state index contributed by atoms with van der Waals surface area (Å²) in [5, 5.41) is 0.679. The largest absolute Gasteiger partial charge is 0.286 e. The summed E-state index contributed by atoms with van der Waals surface area (Å²) in [4.78, 5) is 8.16. The summed E-state index contributed by atoms with van der Waals surface area (Å²) < 4.78 is 1.93. The van der Waals surface area contributed by atoms with Crippen LogP contribution in [0, 0.1) is 13.8 Å². The minimum Gasteiger partial charge on any atom is -0.286 e. The first-order chi connectivity index (χ1) is 5.70. The molecule has 0 aliphatic carbocycles. The average molecular weight is 182 g/mol. The molecule has 0 aromatic carbocycles. The number of aromatic nitrogens is 3. The Kier molecular flexibility index (Phi) is 1.54. The van der Waals surface area contributed by atoms with E-state index in [1.165, 1.54) is 6.33 Å². The Morgan fingerprint density at radius 2 is 2.08 bits per heavy atom. The molecule has 0 atom stereocenters. The van der Waals surface area contributed by atoms with Crippen molar-refractivity contribution in [3.05, 3.63) is 28.9 Å². The molecule has 0 amide bonds. The van der Waals surface area contributed by atoms with Crippen LogP contribution in [-0.4, -0.2) is 14.4 Å². The molecule has 0 unspecified atom stereocenters. The van der Waals surface area contributed by atoms with Crippen LogP contribution in [0.1, 0.15) is 11.5 Å². The molecule has 0 saturated heterocycles. The van der Waals surface area contributed by atoms with Crippen LogP contribution in [0.3, 0.4) is 0 Å². The van der Waals surface area contributed by atoms with Crippen LogP contribution < -0.4 is 0 Å². The average Bonchev–Trinajstić information content (AvgIpc) is 2.29. The maximum Gasteiger partial charge on any atom is 0.158 e. The van der Waals surface area contributed by atoms with Gasteiger partial charge in [0.1, 0.15) is 12.2 Å². The van der Waals surface area contributed by atoms with Gasteiger partial charge in [0.05, 0.1) is 5.02 Å². The Morgan fingerprint density at radius 1 is 1.33 bits per heavy atom. The zero-order valence-electron chi connectivity index (χ0n) is 6.87. The zero-order chi connectivity index (χ0) is 8.72. The van der Waals surface area contributed by atoms with Crippen LogP contribution in [0.4, 0.5) is 0 Å². The van der Waals surface area contributed by atoms with E-state index >= 15 is 0 Å². The van der Waals surface area contributed by atoms with Gasteiger partial charge in [-0.3, -0.25) is 4.40 Å². The standard InChI is InChI=1S/C8H8ClN3/c1-5-3-7(9)8-11-4-10-6(2)12(5)8/h3-4H,1-2H3. The van der Waals surface area contributed by atoms with Crippen LogP contribution in [0.25, 0.3) is 5.65 Å². The molecule has 0 aliphatic rings. The van der Waals surface area contributed by atoms with Crippen LogP contribution in [0.15, 0.2) is 12.4 Å². The predicted molar refractivity (Wildman–Crippen MR) is 47.5 cm³/mol. The maximum absolute atomic E-state index is 5.94. The van der Waals surface area contributed by atoms with Crippen LogP contribution in [-0.2, 0) is 0 Å². The summed E-state index contributed by atoms with van der Waals surface area (Å²) in [5.74, 6) is 0.907. The van der Waals surface area contributed by atoms with Crippen LogP contribution >= 0.6 is 11.6 Å². The molecule has 0 aliphatic heterocycles. The lowest BCUT2D eigenvalue weighted by molar-refractivity contribution is 0.919. The highest BCUT2D eigenvalue weighted by Crippen LogP contribution is 2.19. The van der Waals surface area contributed by atoms with Gasteiger partial charge in [-0.2, -0.15) is 0 Å². The van der Waals surface area contributed by atoms with Gasteiger partial charge in [0, 0.05) is 5.69 Å². The van der Waals surface area contributed by atoms with E-state index in [9.17, 15) is 0 Å². The maximum atomic E-state index is 5.94. The Balaban J connectivity index is 2.99. The van der Waals surface area contributed by atoms with Crippen molar-refractivity contribution in [3.63, 3.8) is 0 Å². The molecule has 0 bridgehead atoms. The predicted octanol–water partition coefficient (Wildman–Crippen LogP) is 2.00. The molecule has 4 heteroatoms. The van der Waals surface area contributed by atoms with E-state index in [0.29, 0.717) is 5.02 Å². The van der Waals surface area contributed by atoms with Gasteiger partial charge in [-0.15, -0.1) is 0 Å². The molecule has 0 radical (unpaired) electrons. The van der Waals surface area contributed by atoms with Crippen molar-refractivity contribution in [1.82, 2.24) is 14.4 Å². The fraction of sp³-hybridized carbons (Fsp3) is 0.250. The molecule has 62 valence electrons. The van der Waals surface area contributed by atoms with E-state index in [0.717, 1.165) is 17.2 Å². The number of hydrogen-bond acceptors (Lipinski definition) is 2. The Hall–Kier alpha value is -1.09. The second-order valence-corrected chi connectivity index (χ2v) is 3.12. The highest BCUT2D eigenvalue weighted by molar-refractivity contribution is 6.33. The zero-order valence-corrected chi connectivity index (χ0v) is 7.63. The first kappa shape index (κ1) is 7.55. The smallest absolute Gasteiger partial charge is 0.158 e. The van der Waals surface area contributed by atoms with Gasteiger partial charge >= 0.3 is 0 Å². The van der Waals surface area contributed by atoms with Gasteiger partial charge in [-0.1, -0.05) is 11.6 Å². The first-order valence-corrected chi connectivity index (χ1v) is 4.03. The van der Waals surface area contributed by atoms with Gasteiger partial charge < -0.3 is 0 Å². The number of aryl methyl sites for hydroxylation is 2. The number of halogens is 1. The van der Waals surface area contributed by atoms with Gasteiger partial charge in [0.2, 0.25) is 0 Å². The van der Waals surface area contributed by atoms with Gasteiger partial charge in [-0.05, 0) is 19.9 Å². The second kappa shape index (κ2) is 2.45. The number of nitrogens with zero attached hydrogens (tertiary/aromatic N) is 3. The van der Waals surface area contributed by atoms with Crippen molar-refractivity contribution in [2.24, 2.45) is 0 Å². The van der Waals surface area contributed by atoms with E-state index in [4.69, 9.17) is 11.6 Å². The Bertz CT molecular complexity index is 433. The molecule has 12 heavy (non-hydrogen) atoms. The SMILES string of the molecule is Cc1cc(Cl)c2ncnc(C)n12. The molecular weight excluding hydrogens is 174 g/mol. The van der Waals surface area contributed by atoms with Gasteiger partial charge in [0.15, 0.2) is 5.65 Å². The van der Waals surface area contributed by atoms with E-state index in [2.05, 4.69) is 9.97 Å². The van der Waals surface area contributed by atoms with Gasteiger partial charge in [0.25, 0.3) is 0 Å². The molecule has 0 fully saturated rings. The van der Waals surface area contributed by atoms with Crippen molar-refractivity contribution in [1.29, 1.82) is 0 Å². The molecule has 3 nitrogen and oxygen atoms in total. The minimum atomic E-state index is 0.679. The fourth-order valence-corrected chi connectivity index (χ4v) is 1.63. The molecular formula is C8H8ClN3. The van der Waals surface area contributed by atoms with Crippen molar-refractivity contribution in [3.8, 4) is 0 Å². The molecule has 2 aromatic rings. The summed E-state index contributed by atoms with van der Waals surface area (Å²) >= 11 is 5.94. The second-order valence-electron chi connectivity index (χ2n) is 2.71. The van der Waals surface area contributed by atoms with Crippen molar-refractivity contribution >= 4 is 17.2 Å². The summed E-state index contributed by atoms with van der Waals surface area (Å²) in [5.41, 5.74) is 1.84. The van der Waals surface area contributed by atoms with E-state index in [1.54, 1.807) is 0 Å². The van der Waals surface area contributed by atoms with Crippen molar-refractivity contribution < 1.29 is 0 Å². The third kappa shape index (κ3) is 0.898. The highest BCUT2D eigenvalue weighted by Gasteiger charge is 2.06. The summed E-state index contributed by atoms with van der Waals surface area (Å²) in [6.45, 7) is 3.91. The summed E-state index contributed by atoms with van der Waals surface area (Å²) in [6.07, 6.45) is 1.52. The highest BCUT2D eigenvalue weighted by atomic mass is 35.5. The monoisotopic (exact) mass is 181 g/mol.